The minimum Gasteiger partial charge on any atom is -0.361 e. The van der Waals surface area contributed by atoms with Crippen LogP contribution in [-0.2, 0) is 0 Å². The van der Waals surface area contributed by atoms with Crippen molar-refractivity contribution in [2.24, 2.45) is 0 Å². The molecule has 28 heavy (non-hydrogen) atoms. The molecule has 0 unspecified atom stereocenters. The molecule has 0 spiro atoms. The first-order valence-electron chi connectivity index (χ1n) is 9.25. The van der Waals surface area contributed by atoms with Crippen molar-refractivity contribution in [2.75, 3.05) is 13.1 Å². The lowest BCUT2D eigenvalue weighted by Crippen LogP contribution is -2.38. The topological polar surface area (TPSA) is 49.0 Å². The Morgan fingerprint density at radius 2 is 2.00 bits per heavy atom. The van der Waals surface area contributed by atoms with Crippen LogP contribution in [0.5, 0.6) is 0 Å². The first kappa shape index (κ1) is 17.9. The van der Waals surface area contributed by atoms with Gasteiger partial charge in [0.25, 0.3) is 5.91 Å². The van der Waals surface area contributed by atoms with Crippen LogP contribution in [0, 0.1) is 0 Å². The fraction of sp³-hybridized carbons (Fsp3) is 0.238. The van der Waals surface area contributed by atoms with Crippen LogP contribution < -0.4 is 0 Å². The molecule has 1 saturated heterocycles. The third kappa shape index (κ3) is 3.26. The predicted octanol–water partition coefficient (Wildman–Crippen LogP) is 6.03. The summed E-state index contributed by atoms with van der Waals surface area (Å²) in [7, 11) is 0. The highest BCUT2D eigenvalue weighted by Gasteiger charge is 2.27. The number of benzene rings is 1. The second-order valence-corrected chi connectivity index (χ2v) is 9.57. The van der Waals surface area contributed by atoms with Gasteiger partial charge in [-0.15, -0.1) is 22.7 Å². The molecule has 1 fully saturated rings. The number of rotatable bonds is 3. The van der Waals surface area contributed by atoms with E-state index in [0.717, 1.165) is 40.2 Å². The van der Waals surface area contributed by atoms with E-state index >= 15 is 0 Å². The predicted molar refractivity (Wildman–Crippen MR) is 117 cm³/mol. The summed E-state index contributed by atoms with van der Waals surface area (Å²) in [4.78, 5) is 23.8. The minimum absolute atomic E-state index is 0.0301. The highest BCUT2D eigenvalue weighted by molar-refractivity contribution is 7.23. The molecule has 0 aliphatic carbocycles. The molecule has 0 radical (unpaired) electrons. The van der Waals surface area contributed by atoms with Crippen LogP contribution >= 0.6 is 34.3 Å². The molecule has 3 aromatic heterocycles. The van der Waals surface area contributed by atoms with Crippen LogP contribution in [0.25, 0.3) is 20.8 Å². The average Bonchev–Trinajstić information content (AvgIpc) is 3.46. The number of nitrogens with one attached hydrogen (secondary N) is 1. The van der Waals surface area contributed by atoms with Crippen LogP contribution in [0.4, 0.5) is 0 Å². The molecular weight excluding hydrogens is 410 g/mol. The second kappa shape index (κ2) is 7.35. The first-order valence-corrected chi connectivity index (χ1v) is 11.3. The molecule has 1 amide bonds. The van der Waals surface area contributed by atoms with E-state index in [4.69, 9.17) is 11.6 Å². The number of amides is 1. The van der Waals surface area contributed by atoms with Gasteiger partial charge in [-0.2, -0.15) is 0 Å². The van der Waals surface area contributed by atoms with Gasteiger partial charge in [0.2, 0.25) is 0 Å². The Bertz CT molecular complexity index is 1140. The van der Waals surface area contributed by atoms with Crippen molar-refractivity contribution >= 4 is 51.1 Å². The molecule has 0 saturated carbocycles. The zero-order valence-corrected chi connectivity index (χ0v) is 17.4. The van der Waals surface area contributed by atoms with E-state index in [1.807, 2.05) is 22.4 Å². The zero-order chi connectivity index (χ0) is 19.1. The number of nitrogens with zero attached hydrogens (tertiary/aromatic N) is 2. The largest absolute Gasteiger partial charge is 0.361 e. The highest BCUT2D eigenvalue weighted by atomic mass is 35.5. The fourth-order valence-corrected chi connectivity index (χ4v) is 5.81. The number of piperidine rings is 1. The van der Waals surface area contributed by atoms with Crippen molar-refractivity contribution < 1.29 is 4.79 Å². The fourth-order valence-electron chi connectivity index (χ4n) is 3.90. The Labute approximate surface area is 175 Å². The van der Waals surface area contributed by atoms with E-state index in [9.17, 15) is 4.79 Å². The quantitative estimate of drug-likeness (QED) is 0.434. The van der Waals surface area contributed by atoms with Crippen molar-refractivity contribution in [1.82, 2.24) is 14.9 Å². The molecule has 1 aromatic carbocycles. The maximum absolute atomic E-state index is 12.9. The van der Waals surface area contributed by atoms with Gasteiger partial charge in [0, 0.05) is 35.6 Å². The molecule has 4 heterocycles. The van der Waals surface area contributed by atoms with Gasteiger partial charge in [0.05, 0.1) is 9.21 Å². The normalized spacial score (nSPS) is 15.4. The summed E-state index contributed by atoms with van der Waals surface area (Å²) < 4.78 is 0.734. The number of fused-ring (bicyclic) bond motifs is 1. The SMILES string of the molecule is O=C(c1csc(-c2ccc(Cl)s2)n1)N1CCC(c2c[nH]c3ccccc23)CC1. The van der Waals surface area contributed by atoms with Gasteiger partial charge in [0.15, 0.2) is 0 Å². The van der Waals surface area contributed by atoms with Crippen molar-refractivity contribution in [3.05, 3.63) is 63.6 Å². The average molecular weight is 428 g/mol. The van der Waals surface area contributed by atoms with E-state index in [0.29, 0.717) is 11.6 Å². The summed E-state index contributed by atoms with van der Waals surface area (Å²) in [6.45, 7) is 1.53. The lowest BCUT2D eigenvalue weighted by atomic mass is 9.89. The van der Waals surface area contributed by atoms with E-state index in [1.165, 1.54) is 39.1 Å². The maximum atomic E-state index is 12.9. The van der Waals surface area contributed by atoms with Crippen LogP contribution in [0.3, 0.4) is 0 Å². The minimum atomic E-state index is 0.0301. The third-order valence-electron chi connectivity index (χ3n) is 5.35. The van der Waals surface area contributed by atoms with Crippen molar-refractivity contribution in [3.8, 4) is 9.88 Å². The van der Waals surface area contributed by atoms with Crippen LogP contribution in [0.2, 0.25) is 4.34 Å². The summed E-state index contributed by atoms with van der Waals surface area (Å²) in [5, 5.41) is 4.01. The number of aromatic amines is 1. The summed E-state index contributed by atoms with van der Waals surface area (Å²) in [6, 6.07) is 12.2. The molecule has 5 rings (SSSR count). The van der Waals surface area contributed by atoms with Gasteiger partial charge in [-0.05, 0) is 42.5 Å². The number of para-hydroxylation sites is 1. The zero-order valence-electron chi connectivity index (χ0n) is 15.0. The van der Waals surface area contributed by atoms with Gasteiger partial charge in [0.1, 0.15) is 10.7 Å². The molecule has 4 aromatic rings. The summed E-state index contributed by atoms with van der Waals surface area (Å²) in [6.07, 6.45) is 4.09. The van der Waals surface area contributed by atoms with E-state index < -0.39 is 0 Å². The summed E-state index contributed by atoms with van der Waals surface area (Å²) >= 11 is 9.00. The molecule has 0 atom stereocenters. The molecule has 7 heteroatoms. The number of thiophene rings is 1. The Hall–Kier alpha value is -2.15. The van der Waals surface area contributed by atoms with Gasteiger partial charge < -0.3 is 9.88 Å². The molecule has 4 nitrogen and oxygen atoms in total. The monoisotopic (exact) mass is 427 g/mol. The maximum Gasteiger partial charge on any atom is 0.273 e. The number of carbonyl (C=O) groups excluding carboxylic acids is 1. The van der Waals surface area contributed by atoms with Crippen molar-refractivity contribution in [1.29, 1.82) is 0 Å². The second-order valence-electron chi connectivity index (χ2n) is 7.00. The molecule has 1 aliphatic heterocycles. The highest BCUT2D eigenvalue weighted by Crippen LogP contribution is 2.35. The summed E-state index contributed by atoms with van der Waals surface area (Å²) in [5.74, 6) is 0.516. The number of hydrogen-bond acceptors (Lipinski definition) is 4. The first-order chi connectivity index (χ1) is 13.7. The van der Waals surface area contributed by atoms with E-state index in [-0.39, 0.29) is 5.91 Å². The molecule has 1 aliphatic rings. The standard InChI is InChI=1S/C21H18ClN3OS2/c22-19-6-5-18(28-19)20-24-17(12-27-20)21(26)25-9-7-13(8-10-25)15-11-23-16-4-2-1-3-14(15)16/h1-6,11-13,23H,7-10H2. The number of thiazole rings is 1. The molecule has 0 bridgehead atoms. The van der Waals surface area contributed by atoms with Crippen LogP contribution in [0.1, 0.15) is 34.8 Å². The number of hydrogen-bond donors (Lipinski definition) is 1. The van der Waals surface area contributed by atoms with Crippen LogP contribution in [0.15, 0.2) is 48.0 Å². The van der Waals surface area contributed by atoms with Gasteiger partial charge in [-0.1, -0.05) is 29.8 Å². The van der Waals surface area contributed by atoms with E-state index in [2.05, 4.69) is 40.4 Å². The van der Waals surface area contributed by atoms with Gasteiger partial charge in [-0.25, -0.2) is 4.98 Å². The Morgan fingerprint density at radius 1 is 1.18 bits per heavy atom. The van der Waals surface area contributed by atoms with Gasteiger partial charge >= 0.3 is 0 Å². The van der Waals surface area contributed by atoms with Crippen LogP contribution in [-0.4, -0.2) is 33.9 Å². The number of H-pyrrole nitrogens is 1. The Morgan fingerprint density at radius 3 is 2.79 bits per heavy atom. The molecule has 142 valence electrons. The number of likely N-dealkylation sites (tertiary alicyclic amines) is 1. The third-order valence-corrected chi connectivity index (χ3v) is 7.59. The lowest BCUT2D eigenvalue weighted by molar-refractivity contribution is 0.0708. The molecular formula is C21H18ClN3OS2. The van der Waals surface area contributed by atoms with Crippen molar-refractivity contribution in [2.45, 2.75) is 18.8 Å². The number of aromatic nitrogens is 2. The Kier molecular flexibility index (Phi) is 4.70. The summed E-state index contributed by atoms with van der Waals surface area (Å²) in [5.41, 5.74) is 3.09. The Balaban J connectivity index is 1.28. The van der Waals surface area contributed by atoms with Gasteiger partial charge in [-0.3, -0.25) is 4.79 Å². The smallest absolute Gasteiger partial charge is 0.273 e. The van der Waals surface area contributed by atoms with E-state index in [1.54, 1.807) is 0 Å². The number of halogens is 1. The lowest BCUT2D eigenvalue weighted by Gasteiger charge is -2.31. The van der Waals surface area contributed by atoms with Crippen molar-refractivity contribution in [3.63, 3.8) is 0 Å². The molecule has 1 N–H and O–H groups in total. The number of carbonyl (C=O) groups is 1.